The van der Waals surface area contributed by atoms with E-state index in [4.69, 9.17) is 4.52 Å². The number of hydrogen-bond donors (Lipinski definition) is 2. The SMILES string of the molecule is CNC(=O)c1cc(S(=O)(=O)Nc2cc(C)on2)cs1. The zero-order valence-electron chi connectivity index (χ0n) is 10.1. The Kier molecular flexibility index (Phi) is 3.58. The van der Waals surface area contributed by atoms with Crippen LogP contribution in [0.25, 0.3) is 0 Å². The normalized spacial score (nSPS) is 11.3. The third-order valence-electron chi connectivity index (χ3n) is 2.20. The number of nitrogens with zero attached hydrogens (tertiary/aromatic N) is 1. The number of carbonyl (C=O) groups excluding carboxylic acids is 1. The van der Waals surface area contributed by atoms with Gasteiger partial charge in [-0.3, -0.25) is 9.52 Å². The van der Waals surface area contributed by atoms with Crippen LogP contribution in [0.1, 0.15) is 15.4 Å². The highest BCUT2D eigenvalue weighted by atomic mass is 32.2. The molecule has 0 aliphatic rings. The van der Waals surface area contributed by atoms with Crippen LogP contribution in [0.5, 0.6) is 0 Å². The Morgan fingerprint density at radius 2 is 2.16 bits per heavy atom. The molecule has 1 amide bonds. The summed E-state index contributed by atoms with van der Waals surface area (Å²) in [4.78, 5) is 11.7. The van der Waals surface area contributed by atoms with Crippen LogP contribution in [0.15, 0.2) is 26.9 Å². The molecule has 0 aliphatic carbocycles. The fourth-order valence-corrected chi connectivity index (χ4v) is 3.52. The first-order valence-corrected chi connectivity index (χ1v) is 7.55. The Hall–Kier alpha value is -1.87. The van der Waals surface area contributed by atoms with Crippen LogP contribution in [0.3, 0.4) is 0 Å². The number of aryl methyl sites for hydroxylation is 1. The van der Waals surface area contributed by atoms with Gasteiger partial charge in [0, 0.05) is 18.5 Å². The predicted molar refractivity (Wildman–Crippen MR) is 69.8 cm³/mol. The molecule has 2 N–H and O–H groups in total. The smallest absolute Gasteiger partial charge is 0.263 e. The van der Waals surface area contributed by atoms with Crippen molar-refractivity contribution >= 4 is 33.1 Å². The minimum Gasteiger partial charge on any atom is -0.360 e. The van der Waals surface area contributed by atoms with Gasteiger partial charge in [-0.15, -0.1) is 11.3 Å². The highest BCUT2D eigenvalue weighted by molar-refractivity contribution is 7.92. The molecule has 0 aliphatic heterocycles. The van der Waals surface area contributed by atoms with Crippen molar-refractivity contribution in [2.24, 2.45) is 0 Å². The van der Waals surface area contributed by atoms with Crippen LogP contribution >= 0.6 is 11.3 Å². The maximum Gasteiger partial charge on any atom is 0.263 e. The number of amides is 1. The van der Waals surface area contributed by atoms with Crippen molar-refractivity contribution < 1.29 is 17.7 Å². The van der Waals surface area contributed by atoms with Crippen LogP contribution in [0.2, 0.25) is 0 Å². The van der Waals surface area contributed by atoms with Gasteiger partial charge in [-0.1, -0.05) is 5.16 Å². The number of anilines is 1. The van der Waals surface area contributed by atoms with Gasteiger partial charge in [-0.05, 0) is 13.0 Å². The van der Waals surface area contributed by atoms with Gasteiger partial charge in [0.2, 0.25) is 0 Å². The molecule has 0 saturated carbocycles. The summed E-state index contributed by atoms with van der Waals surface area (Å²) in [7, 11) is -2.28. The van der Waals surface area contributed by atoms with Gasteiger partial charge in [0.15, 0.2) is 5.82 Å². The average molecular weight is 301 g/mol. The van der Waals surface area contributed by atoms with Crippen LogP contribution in [-0.2, 0) is 10.0 Å². The van der Waals surface area contributed by atoms with Crippen molar-refractivity contribution in [1.82, 2.24) is 10.5 Å². The third-order valence-corrected chi connectivity index (χ3v) is 4.62. The van der Waals surface area contributed by atoms with Gasteiger partial charge in [0.1, 0.15) is 5.76 Å². The number of hydrogen-bond acceptors (Lipinski definition) is 6. The van der Waals surface area contributed by atoms with E-state index in [9.17, 15) is 13.2 Å². The monoisotopic (exact) mass is 301 g/mol. The molecule has 0 aromatic carbocycles. The molecular weight excluding hydrogens is 290 g/mol. The minimum absolute atomic E-state index is 0.0109. The average Bonchev–Trinajstić information content (AvgIpc) is 2.97. The molecule has 0 spiro atoms. The second-order valence-corrected chi connectivity index (χ2v) is 6.25. The Morgan fingerprint density at radius 3 is 2.74 bits per heavy atom. The highest BCUT2D eigenvalue weighted by Gasteiger charge is 2.19. The molecule has 2 rings (SSSR count). The van der Waals surface area contributed by atoms with E-state index in [1.807, 2.05) is 0 Å². The molecular formula is C10H11N3O4S2. The molecule has 102 valence electrons. The van der Waals surface area contributed by atoms with E-state index < -0.39 is 10.0 Å². The molecule has 9 heteroatoms. The molecule has 0 fully saturated rings. The lowest BCUT2D eigenvalue weighted by atomic mass is 10.4. The van der Waals surface area contributed by atoms with Gasteiger partial charge < -0.3 is 9.84 Å². The van der Waals surface area contributed by atoms with E-state index >= 15 is 0 Å². The summed E-state index contributed by atoms with van der Waals surface area (Å²) in [6.07, 6.45) is 0. The first-order valence-electron chi connectivity index (χ1n) is 5.19. The van der Waals surface area contributed by atoms with Gasteiger partial charge in [0.05, 0.1) is 9.77 Å². The molecule has 7 nitrogen and oxygen atoms in total. The summed E-state index contributed by atoms with van der Waals surface area (Å²) in [5.74, 6) is 0.267. The first kappa shape index (κ1) is 13.6. The number of carbonyl (C=O) groups is 1. The molecule has 2 heterocycles. The van der Waals surface area contributed by atoms with Crippen LogP contribution in [-0.4, -0.2) is 26.5 Å². The van der Waals surface area contributed by atoms with Crippen LogP contribution in [0, 0.1) is 6.92 Å². The van der Waals surface area contributed by atoms with E-state index in [0.717, 1.165) is 11.3 Å². The van der Waals surface area contributed by atoms with Crippen LogP contribution < -0.4 is 10.0 Å². The van der Waals surface area contributed by atoms with Gasteiger partial charge in [0.25, 0.3) is 15.9 Å². The fraction of sp³-hybridized carbons (Fsp3) is 0.200. The quantitative estimate of drug-likeness (QED) is 0.883. The molecule has 0 radical (unpaired) electrons. The number of nitrogens with one attached hydrogen (secondary N) is 2. The van der Waals surface area contributed by atoms with Crippen molar-refractivity contribution in [2.75, 3.05) is 11.8 Å². The zero-order valence-corrected chi connectivity index (χ0v) is 11.8. The lowest BCUT2D eigenvalue weighted by Gasteiger charge is -2.01. The largest absolute Gasteiger partial charge is 0.360 e. The van der Waals surface area contributed by atoms with E-state index in [1.54, 1.807) is 6.92 Å². The zero-order chi connectivity index (χ0) is 14.0. The van der Waals surface area contributed by atoms with Gasteiger partial charge in [-0.25, -0.2) is 8.42 Å². The van der Waals surface area contributed by atoms with E-state index in [-0.39, 0.29) is 16.6 Å². The maximum absolute atomic E-state index is 12.0. The van der Waals surface area contributed by atoms with Crippen molar-refractivity contribution in [2.45, 2.75) is 11.8 Å². The van der Waals surface area contributed by atoms with Crippen molar-refractivity contribution in [3.8, 4) is 0 Å². The standard InChI is InChI=1S/C10H11N3O4S2/c1-6-3-9(12-17-6)13-19(15,16)7-4-8(18-5-7)10(14)11-2/h3-5H,1-2H3,(H,11,14)(H,12,13). The lowest BCUT2D eigenvalue weighted by Crippen LogP contribution is -2.16. The fourth-order valence-electron chi connectivity index (χ4n) is 1.31. The highest BCUT2D eigenvalue weighted by Crippen LogP contribution is 2.21. The molecule has 2 aromatic heterocycles. The minimum atomic E-state index is -3.76. The summed E-state index contributed by atoms with van der Waals surface area (Å²) >= 11 is 1.05. The lowest BCUT2D eigenvalue weighted by molar-refractivity contribution is 0.0967. The molecule has 2 aromatic rings. The molecule has 0 saturated heterocycles. The Balaban J connectivity index is 2.24. The van der Waals surface area contributed by atoms with Gasteiger partial charge in [-0.2, -0.15) is 0 Å². The Morgan fingerprint density at radius 1 is 1.42 bits per heavy atom. The molecule has 19 heavy (non-hydrogen) atoms. The Bertz CT molecular complexity index is 702. The van der Waals surface area contributed by atoms with E-state index in [1.165, 1.54) is 24.6 Å². The predicted octanol–water partition coefficient (Wildman–Crippen LogP) is 1.20. The van der Waals surface area contributed by atoms with Gasteiger partial charge >= 0.3 is 0 Å². The summed E-state index contributed by atoms with van der Waals surface area (Å²) in [5.41, 5.74) is 0. The topological polar surface area (TPSA) is 101 Å². The summed E-state index contributed by atoms with van der Waals surface area (Å²) in [6, 6.07) is 2.77. The third kappa shape index (κ3) is 2.93. The van der Waals surface area contributed by atoms with E-state index in [2.05, 4.69) is 15.2 Å². The summed E-state index contributed by atoms with van der Waals surface area (Å²) in [6.45, 7) is 1.65. The van der Waals surface area contributed by atoms with Crippen molar-refractivity contribution in [1.29, 1.82) is 0 Å². The maximum atomic E-state index is 12.0. The second-order valence-electron chi connectivity index (χ2n) is 3.65. The Labute approximate surface area is 113 Å². The first-order chi connectivity index (χ1) is 8.92. The summed E-state index contributed by atoms with van der Waals surface area (Å²) in [5, 5.41) is 7.36. The number of aromatic nitrogens is 1. The van der Waals surface area contributed by atoms with E-state index in [0.29, 0.717) is 10.6 Å². The molecule has 0 bridgehead atoms. The number of rotatable bonds is 4. The number of sulfonamides is 1. The number of thiophene rings is 1. The van der Waals surface area contributed by atoms with Crippen molar-refractivity contribution in [3.63, 3.8) is 0 Å². The second kappa shape index (κ2) is 5.02. The molecule has 0 unspecified atom stereocenters. The van der Waals surface area contributed by atoms with Crippen LogP contribution in [0.4, 0.5) is 5.82 Å². The summed E-state index contributed by atoms with van der Waals surface area (Å²) < 4.78 is 31.1. The van der Waals surface area contributed by atoms with Crippen molar-refractivity contribution in [3.05, 3.63) is 28.2 Å². The molecule has 0 atom stereocenters.